The molecule has 0 radical (unpaired) electrons. The molecule has 5 nitrogen and oxygen atoms in total. The second-order valence-electron chi connectivity index (χ2n) is 3.85. The summed E-state index contributed by atoms with van der Waals surface area (Å²) in [7, 11) is 5.34. The zero-order valence-electron chi connectivity index (χ0n) is 9.97. The van der Waals surface area contributed by atoms with Gasteiger partial charge in [-0.3, -0.25) is 9.78 Å². The Morgan fingerprint density at radius 3 is 2.69 bits per heavy atom. The van der Waals surface area contributed by atoms with Crippen molar-refractivity contribution in [1.82, 2.24) is 9.88 Å². The van der Waals surface area contributed by atoms with E-state index in [9.17, 15) is 4.79 Å². The Balaban J connectivity index is 2.80. The van der Waals surface area contributed by atoms with Gasteiger partial charge in [0.15, 0.2) is 0 Å². The van der Waals surface area contributed by atoms with E-state index in [-0.39, 0.29) is 5.91 Å². The van der Waals surface area contributed by atoms with Crippen molar-refractivity contribution in [2.24, 2.45) is 5.73 Å². The van der Waals surface area contributed by atoms with Gasteiger partial charge in [-0.15, -0.1) is 0 Å². The van der Waals surface area contributed by atoms with Crippen molar-refractivity contribution in [2.75, 3.05) is 32.6 Å². The average Bonchev–Trinajstić information content (AvgIpc) is 2.28. The van der Waals surface area contributed by atoms with Gasteiger partial charge in [-0.05, 0) is 11.6 Å². The SMILES string of the molecule is CN(C)C(=O)CN(C)c1cnccc1CN. The highest BCUT2D eigenvalue weighted by Crippen LogP contribution is 2.16. The zero-order valence-corrected chi connectivity index (χ0v) is 9.97. The maximum atomic E-state index is 11.6. The number of amides is 1. The molecule has 2 N–H and O–H groups in total. The minimum Gasteiger partial charge on any atom is -0.364 e. The molecule has 1 aromatic rings. The van der Waals surface area contributed by atoms with E-state index in [1.165, 1.54) is 0 Å². The van der Waals surface area contributed by atoms with Gasteiger partial charge in [-0.2, -0.15) is 0 Å². The van der Waals surface area contributed by atoms with Gasteiger partial charge >= 0.3 is 0 Å². The molecule has 0 aliphatic heterocycles. The number of pyridine rings is 1. The van der Waals surface area contributed by atoms with Crippen LogP contribution in [-0.2, 0) is 11.3 Å². The summed E-state index contributed by atoms with van der Waals surface area (Å²) in [5.74, 6) is 0.0503. The summed E-state index contributed by atoms with van der Waals surface area (Å²) in [6, 6.07) is 1.87. The van der Waals surface area contributed by atoms with Crippen molar-refractivity contribution in [3.8, 4) is 0 Å². The first-order valence-electron chi connectivity index (χ1n) is 5.10. The standard InChI is InChI=1S/C11H18N4O/c1-14(2)11(16)8-15(3)10-7-13-5-4-9(10)6-12/h4-5,7H,6,8,12H2,1-3H3. The molecule has 1 rings (SSSR count). The Morgan fingerprint density at radius 1 is 1.44 bits per heavy atom. The van der Waals surface area contributed by atoms with Gasteiger partial charge in [0.05, 0.1) is 18.4 Å². The van der Waals surface area contributed by atoms with Gasteiger partial charge in [0.2, 0.25) is 5.91 Å². The van der Waals surface area contributed by atoms with Crippen LogP contribution in [0.4, 0.5) is 5.69 Å². The largest absolute Gasteiger partial charge is 0.364 e. The van der Waals surface area contributed by atoms with E-state index < -0.39 is 0 Å². The molecule has 1 amide bonds. The third-order valence-corrected chi connectivity index (χ3v) is 2.39. The monoisotopic (exact) mass is 222 g/mol. The van der Waals surface area contributed by atoms with Gasteiger partial charge in [-0.1, -0.05) is 0 Å². The summed E-state index contributed by atoms with van der Waals surface area (Å²) < 4.78 is 0. The molecular formula is C11H18N4O. The van der Waals surface area contributed by atoms with Crippen molar-refractivity contribution in [1.29, 1.82) is 0 Å². The number of aromatic nitrogens is 1. The molecule has 0 aliphatic carbocycles. The molecule has 0 bridgehead atoms. The van der Waals surface area contributed by atoms with Gasteiger partial charge in [0.25, 0.3) is 0 Å². The second-order valence-corrected chi connectivity index (χ2v) is 3.85. The minimum atomic E-state index is 0.0503. The summed E-state index contributed by atoms with van der Waals surface area (Å²) in [4.78, 5) is 19.0. The van der Waals surface area contributed by atoms with E-state index >= 15 is 0 Å². The minimum absolute atomic E-state index is 0.0503. The predicted octanol–water partition coefficient (Wildman–Crippen LogP) is 0.0647. The highest BCUT2D eigenvalue weighted by Gasteiger charge is 2.11. The first kappa shape index (κ1) is 12.4. The number of carbonyl (C=O) groups is 1. The number of carbonyl (C=O) groups excluding carboxylic acids is 1. The normalized spacial score (nSPS) is 10.0. The lowest BCUT2D eigenvalue weighted by Crippen LogP contribution is -2.34. The lowest BCUT2D eigenvalue weighted by molar-refractivity contribution is -0.127. The first-order chi connectivity index (χ1) is 7.56. The average molecular weight is 222 g/mol. The Morgan fingerprint density at radius 2 is 2.12 bits per heavy atom. The van der Waals surface area contributed by atoms with E-state index in [0.29, 0.717) is 13.1 Å². The topological polar surface area (TPSA) is 62.5 Å². The van der Waals surface area contributed by atoms with E-state index in [2.05, 4.69) is 4.98 Å². The molecular weight excluding hydrogens is 204 g/mol. The van der Waals surface area contributed by atoms with Gasteiger partial charge in [0, 0.05) is 33.9 Å². The number of hydrogen-bond donors (Lipinski definition) is 1. The van der Waals surface area contributed by atoms with Gasteiger partial charge < -0.3 is 15.5 Å². The molecule has 1 heterocycles. The summed E-state index contributed by atoms with van der Waals surface area (Å²) in [5.41, 5.74) is 7.52. The smallest absolute Gasteiger partial charge is 0.241 e. The van der Waals surface area contributed by atoms with Crippen LogP contribution < -0.4 is 10.6 Å². The molecule has 0 unspecified atom stereocenters. The van der Waals surface area contributed by atoms with E-state index in [4.69, 9.17) is 5.73 Å². The fourth-order valence-electron chi connectivity index (χ4n) is 1.36. The summed E-state index contributed by atoms with van der Waals surface area (Å²) >= 11 is 0. The molecule has 0 aliphatic rings. The van der Waals surface area contributed by atoms with Crippen LogP contribution in [0.1, 0.15) is 5.56 Å². The zero-order chi connectivity index (χ0) is 12.1. The van der Waals surface area contributed by atoms with Crippen molar-refractivity contribution >= 4 is 11.6 Å². The number of hydrogen-bond acceptors (Lipinski definition) is 4. The van der Waals surface area contributed by atoms with Gasteiger partial charge in [-0.25, -0.2) is 0 Å². The Hall–Kier alpha value is -1.62. The van der Waals surface area contributed by atoms with Crippen LogP contribution in [0.15, 0.2) is 18.5 Å². The number of likely N-dealkylation sites (N-methyl/N-ethyl adjacent to an activating group) is 2. The molecule has 0 atom stereocenters. The first-order valence-corrected chi connectivity index (χ1v) is 5.10. The third kappa shape index (κ3) is 2.93. The number of nitrogens with zero attached hydrogens (tertiary/aromatic N) is 3. The Labute approximate surface area is 95.9 Å². The third-order valence-electron chi connectivity index (χ3n) is 2.39. The number of rotatable bonds is 4. The number of anilines is 1. The Bertz CT molecular complexity index is 365. The molecule has 1 aromatic heterocycles. The van der Waals surface area contributed by atoms with Crippen LogP contribution in [0.25, 0.3) is 0 Å². The molecule has 88 valence electrons. The predicted molar refractivity (Wildman–Crippen MR) is 64.1 cm³/mol. The molecule has 16 heavy (non-hydrogen) atoms. The van der Waals surface area contributed by atoms with Crippen LogP contribution >= 0.6 is 0 Å². The second kappa shape index (κ2) is 5.46. The summed E-state index contributed by atoms with van der Waals surface area (Å²) in [6.07, 6.45) is 3.43. The fraction of sp³-hybridized carbons (Fsp3) is 0.455. The van der Waals surface area contributed by atoms with E-state index in [1.807, 2.05) is 18.0 Å². The van der Waals surface area contributed by atoms with Crippen molar-refractivity contribution in [3.63, 3.8) is 0 Å². The summed E-state index contributed by atoms with van der Waals surface area (Å²) in [6.45, 7) is 0.768. The number of nitrogens with two attached hydrogens (primary N) is 1. The van der Waals surface area contributed by atoms with Crippen LogP contribution in [0, 0.1) is 0 Å². The molecule has 0 saturated carbocycles. The summed E-state index contributed by atoms with van der Waals surface area (Å²) in [5, 5.41) is 0. The molecule has 0 spiro atoms. The maximum absolute atomic E-state index is 11.6. The van der Waals surface area contributed by atoms with Gasteiger partial charge in [0.1, 0.15) is 0 Å². The molecule has 0 aromatic carbocycles. The molecule has 5 heteroatoms. The van der Waals surface area contributed by atoms with Crippen molar-refractivity contribution in [3.05, 3.63) is 24.0 Å². The van der Waals surface area contributed by atoms with Crippen LogP contribution in [0.5, 0.6) is 0 Å². The van der Waals surface area contributed by atoms with Crippen LogP contribution in [0.2, 0.25) is 0 Å². The fourth-order valence-corrected chi connectivity index (χ4v) is 1.36. The quantitative estimate of drug-likeness (QED) is 0.782. The molecule has 0 saturated heterocycles. The van der Waals surface area contributed by atoms with Crippen LogP contribution in [-0.4, -0.2) is 43.5 Å². The van der Waals surface area contributed by atoms with E-state index in [1.54, 1.807) is 31.4 Å². The highest BCUT2D eigenvalue weighted by atomic mass is 16.2. The van der Waals surface area contributed by atoms with Crippen molar-refractivity contribution < 1.29 is 4.79 Å². The van der Waals surface area contributed by atoms with Crippen LogP contribution in [0.3, 0.4) is 0 Å². The maximum Gasteiger partial charge on any atom is 0.241 e. The molecule has 0 fully saturated rings. The lowest BCUT2D eigenvalue weighted by Gasteiger charge is -2.22. The lowest BCUT2D eigenvalue weighted by atomic mass is 10.2. The van der Waals surface area contributed by atoms with E-state index in [0.717, 1.165) is 11.3 Å². The van der Waals surface area contributed by atoms with Crippen molar-refractivity contribution in [2.45, 2.75) is 6.54 Å². The Kier molecular flexibility index (Phi) is 4.25. The highest BCUT2D eigenvalue weighted by molar-refractivity contribution is 5.81.